The van der Waals surface area contributed by atoms with Crippen molar-refractivity contribution in [3.05, 3.63) is 35.4 Å². The van der Waals surface area contributed by atoms with Gasteiger partial charge in [-0.2, -0.15) is 0 Å². The summed E-state index contributed by atoms with van der Waals surface area (Å²) in [4.78, 5) is 13.2. The Bertz CT molecular complexity index is 366. The predicted octanol–water partition coefficient (Wildman–Crippen LogP) is 1.98. The summed E-state index contributed by atoms with van der Waals surface area (Å²) in [7, 11) is 3.54. The highest BCUT2D eigenvalue weighted by Crippen LogP contribution is 2.06. The van der Waals surface area contributed by atoms with Gasteiger partial charge in [-0.3, -0.25) is 4.79 Å². The van der Waals surface area contributed by atoms with Crippen LogP contribution in [0.4, 0.5) is 0 Å². The first-order chi connectivity index (χ1) is 7.52. The maximum atomic E-state index is 11.6. The van der Waals surface area contributed by atoms with Gasteiger partial charge in [0.1, 0.15) is 0 Å². The van der Waals surface area contributed by atoms with Crippen LogP contribution in [0.5, 0.6) is 0 Å². The normalized spacial score (nSPS) is 11.5. The molecule has 0 unspecified atom stereocenters. The first kappa shape index (κ1) is 15.9. The topological polar surface area (TPSA) is 32.3 Å². The van der Waals surface area contributed by atoms with Crippen LogP contribution in [-0.4, -0.2) is 30.9 Å². The molecule has 4 heteroatoms. The molecule has 0 spiro atoms. The Balaban J connectivity index is 0.00000256. The summed E-state index contributed by atoms with van der Waals surface area (Å²) in [6, 6.07) is 8.05. The van der Waals surface area contributed by atoms with Gasteiger partial charge in [-0.1, -0.05) is 24.3 Å². The van der Waals surface area contributed by atoms with E-state index in [1.54, 1.807) is 19.0 Å². The van der Waals surface area contributed by atoms with E-state index in [2.05, 4.69) is 24.4 Å². The number of likely N-dealkylation sites (N-methyl/N-ethyl adjacent to an activating group) is 1. The van der Waals surface area contributed by atoms with Crippen LogP contribution in [0.15, 0.2) is 24.3 Å². The number of amides is 1. The molecule has 1 aromatic carbocycles. The third-order valence-corrected chi connectivity index (χ3v) is 2.67. The Morgan fingerprint density at radius 1 is 1.35 bits per heavy atom. The molecule has 0 saturated heterocycles. The lowest BCUT2D eigenvalue weighted by atomic mass is 10.1. The van der Waals surface area contributed by atoms with E-state index in [4.69, 9.17) is 0 Å². The van der Waals surface area contributed by atoms with Crippen molar-refractivity contribution in [1.82, 2.24) is 10.2 Å². The number of aryl methyl sites for hydroxylation is 1. The first-order valence-electron chi connectivity index (χ1n) is 5.51. The first-order valence-corrected chi connectivity index (χ1v) is 5.51. The van der Waals surface area contributed by atoms with E-state index in [9.17, 15) is 4.79 Å². The van der Waals surface area contributed by atoms with Crippen LogP contribution >= 0.6 is 12.4 Å². The van der Waals surface area contributed by atoms with Crippen molar-refractivity contribution in [2.24, 2.45) is 0 Å². The van der Waals surface area contributed by atoms with Crippen LogP contribution in [0.3, 0.4) is 0 Å². The third-order valence-electron chi connectivity index (χ3n) is 2.67. The van der Waals surface area contributed by atoms with Gasteiger partial charge in [0, 0.05) is 20.6 Å². The summed E-state index contributed by atoms with van der Waals surface area (Å²) in [5.74, 6) is 0.105. The minimum Gasteiger partial charge on any atom is -0.347 e. The van der Waals surface area contributed by atoms with Gasteiger partial charge in [-0.25, -0.2) is 0 Å². The third kappa shape index (κ3) is 4.75. The molecule has 1 atom stereocenters. The second kappa shape index (κ2) is 7.30. The fraction of sp³-hybridized carbons (Fsp3) is 0.462. The zero-order valence-corrected chi connectivity index (χ0v) is 11.7. The number of halogens is 1. The number of carbonyl (C=O) groups is 1. The van der Waals surface area contributed by atoms with Gasteiger partial charge >= 0.3 is 0 Å². The van der Waals surface area contributed by atoms with Crippen molar-refractivity contribution in [2.75, 3.05) is 14.1 Å². The Labute approximate surface area is 110 Å². The minimum absolute atomic E-state index is 0. The van der Waals surface area contributed by atoms with Crippen molar-refractivity contribution < 1.29 is 4.79 Å². The van der Waals surface area contributed by atoms with Crippen molar-refractivity contribution in [2.45, 2.75) is 26.4 Å². The van der Waals surface area contributed by atoms with Gasteiger partial charge in [0.05, 0.1) is 6.04 Å². The van der Waals surface area contributed by atoms with E-state index >= 15 is 0 Å². The molecule has 96 valence electrons. The molecule has 0 aliphatic carbocycles. The van der Waals surface area contributed by atoms with Crippen molar-refractivity contribution in [3.63, 3.8) is 0 Å². The average Bonchev–Trinajstić information content (AvgIpc) is 2.26. The van der Waals surface area contributed by atoms with Crippen molar-refractivity contribution >= 4 is 18.3 Å². The van der Waals surface area contributed by atoms with Crippen LogP contribution in [0.2, 0.25) is 0 Å². The molecular formula is C13H21ClN2O. The van der Waals surface area contributed by atoms with Gasteiger partial charge in [-0.15, -0.1) is 12.4 Å². The molecule has 3 nitrogen and oxygen atoms in total. The number of hydrogen-bond acceptors (Lipinski definition) is 2. The Hall–Kier alpha value is -1.06. The quantitative estimate of drug-likeness (QED) is 0.894. The van der Waals surface area contributed by atoms with Gasteiger partial charge in [0.2, 0.25) is 5.91 Å². The number of nitrogens with zero attached hydrogens (tertiary/aromatic N) is 1. The van der Waals surface area contributed by atoms with Gasteiger partial charge in [0.25, 0.3) is 0 Å². The second-order valence-electron chi connectivity index (χ2n) is 4.26. The van der Waals surface area contributed by atoms with Gasteiger partial charge < -0.3 is 10.2 Å². The molecule has 0 radical (unpaired) electrons. The van der Waals surface area contributed by atoms with Gasteiger partial charge in [-0.05, 0) is 25.0 Å². The van der Waals surface area contributed by atoms with Crippen LogP contribution < -0.4 is 5.32 Å². The summed E-state index contributed by atoms with van der Waals surface area (Å²) in [6.45, 7) is 4.70. The summed E-state index contributed by atoms with van der Waals surface area (Å²) in [5.41, 5.74) is 2.49. The zero-order valence-electron chi connectivity index (χ0n) is 10.9. The summed E-state index contributed by atoms with van der Waals surface area (Å²) in [5, 5.41) is 3.23. The molecule has 1 amide bonds. The largest absolute Gasteiger partial charge is 0.347 e. The molecule has 17 heavy (non-hydrogen) atoms. The molecule has 1 aromatic rings. The second-order valence-corrected chi connectivity index (χ2v) is 4.26. The monoisotopic (exact) mass is 256 g/mol. The smallest absolute Gasteiger partial charge is 0.238 e. The number of rotatable bonds is 4. The summed E-state index contributed by atoms with van der Waals surface area (Å²) < 4.78 is 0. The van der Waals surface area contributed by atoms with E-state index in [-0.39, 0.29) is 24.4 Å². The number of benzene rings is 1. The lowest BCUT2D eigenvalue weighted by Gasteiger charge is -2.18. The highest BCUT2D eigenvalue weighted by Gasteiger charge is 2.13. The number of nitrogens with one attached hydrogen (secondary N) is 1. The fourth-order valence-electron chi connectivity index (χ4n) is 1.55. The SMILES string of the molecule is Cc1ccccc1CN[C@H](C)C(=O)N(C)C.Cl. The van der Waals surface area contributed by atoms with E-state index in [1.807, 2.05) is 19.1 Å². The van der Waals surface area contributed by atoms with Crippen LogP contribution in [0, 0.1) is 6.92 Å². The molecule has 0 fully saturated rings. The molecule has 1 N–H and O–H groups in total. The van der Waals surface area contributed by atoms with E-state index in [0.29, 0.717) is 0 Å². The van der Waals surface area contributed by atoms with Crippen LogP contribution in [-0.2, 0) is 11.3 Å². The van der Waals surface area contributed by atoms with E-state index < -0.39 is 0 Å². The van der Waals surface area contributed by atoms with Gasteiger partial charge in [0.15, 0.2) is 0 Å². The number of hydrogen-bond donors (Lipinski definition) is 1. The Kier molecular flexibility index (Phi) is 6.85. The molecule has 0 saturated carbocycles. The van der Waals surface area contributed by atoms with E-state index in [0.717, 1.165) is 6.54 Å². The summed E-state index contributed by atoms with van der Waals surface area (Å²) >= 11 is 0. The Morgan fingerprint density at radius 3 is 2.47 bits per heavy atom. The molecule has 0 heterocycles. The zero-order chi connectivity index (χ0) is 12.1. The fourth-order valence-corrected chi connectivity index (χ4v) is 1.55. The van der Waals surface area contributed by atoms with E-state index in [1.165, 1.54) is 11.1 Å². The number of carbonyl (C=O) groups excluding carboxylic acids is 1. The highest BCUT2D eigenvalue weighted by atomic mass is 35.5. The molecule has 0 aliphatic heterocycles. The average molecular weight is 257 g/mol. The molecule has 0 bridgehead atoms. The minimum atomic E-state index is -0.144. The highest BCUT2D eigenvalue weighted by molar-refractivity contribution is 5.85. The Morgan fingerprint density at radius 2 is 1.94 bits per heavy atom. The lowest BCUT2D eigenvalue weighted by Crippen LogP contribution is -2.41. The van der Waals surface area contributed by atoms with Crippen molar-refractivity contribution in [3.8, 4) is 0 Å². The molecule has 0 aliphatic rings. The maximum absolute atomic E-state index is 11.6. The predicted molar refractivity (Wildman–Crippen MR) is 73.4 cm³/mol. The molecule has 0 aromatic heterocycles. The summed E-state index contributed by atoms with van der Waals surface area (Å²) in [6.07, 6.45) is 0. The maximum Gasteiger partial charge on any atom is 0.238 e. The van der Waals surface area contributed by atoms with Crippen LogP contribution in [0.25, 0.3) is 0 Å². The van der Waals surface area contributed by atoms with Crippen molar-refractivity contribution in [1.29, 1.82) is 0 Å². The lowest BCUT2D eigenvalue weighted by molar-refractivity contribution is -0.130. The molecule has 1 rings (SSSR count). The molecular weight excluding hydrogens is 236 g/mol. The van der Waals surface area contributed by atoms with Crippen LogP contribution in [0.1, 0.15) is 18.1 Å². The standard InChI is InChI=1S/C13H20N2O.ClH/c1-10-7-5-6-8-12(10)9-14-11(2)13(16)15(3)4;/h5-8,11,14H,9H2,1-4H3;1H/t11-;/m1./s1.